The molecular formula is C22H26N4O3. The Morgan fingerprint density at radius 1 is 1.34 bits per heavy atom. The molecule has 0 radical (unpaired) electrons. The van der Waals surface area contributed by atoms with E-state index in [2.05, 4.69) is 20.2 Å². The van der Waals surface area contributed by atoms with E-state index in [1.54, 1.807) is 7.11 Å². The molecular weight excluding hydrogens is 368 g/mol. The lowest BCUT2D eigenvalue weighted by atomic mass is 9.96. The number of rotatable bonds is 5. The van der Waals surface area contributed by atoms with Crippen LogP contribution in [0.2, 0.25) is 0 Å². The molecule has 1 aliphatic heterocycles. The number of piperidine rings is 1. The fourth-order valence-electron chi connectivity index (χ4n) is 3.90. The van der Waals surface area contributed by atoms with Crippen molar-refractivity contribution in [2.45, 2.75) is 33.2 Å². The third-order valence-corrected chi connectivity index (χ3v) is 5.64. The van der Waals surface area contributed by atoms with Gasteiger partial charge in [-0.3, -0.25) is 4.79 Å². The van der Waals surface area contributed by atoms with Crippen LogP contribution in [-0.2, 0) is 11.3 Å². The summed E-state index contributed by atoms with van der Waals surface area (Å²) in [4.78, 5) is 23.8. The number of ether oxygens (including phenoxy) is 1. The Bertz CT molecular complexity index is 1030. The molecule has 1 N–H and O–H groups in total. The van der Waals surface area contributed by atoms with E-state index in [1.165, 1.54) is 6.33 Å². The highest BCUT2D eigenvalue weighted by molar-refractivity contribution is 5.90. The molecule has 3 aromatic rings. The van der Waals surface area contributed by atoms with E-state index in [4.69, 9.17) is 9.15 Å². The van der Waals surface area contributed by atoms with Gasteiger partial charge in [-0.1, -0.05) is 12.1 Å². The number of carbonyl (C=O) groups excluding carboxylic acids is 1. The van der Waals surface area contributed by atoms with Gasteiger partial charge < -0.3 is 19.4 Å². The van der Waals surface area contributed by atoms with Crippen LogP contribution in [0.1, 0.15) is 29.7 Å². The highest BCUT2D eigenvalue weighted by Gasteiger charge is 2.28. The number of benzene rings is 1. The Morgan fingerprint density at radius 2 is 2.21 bits per heavy atom. The van der Waals surface area contributed by atoms with Gasteiger partial charge in [-0.2, -0.15) is 0 Å². The van der Waals surface area contributed by atoms with Gasteiger partial charge >= 0.3 is 0 Å². The first-order valence-corrected chi connectivity index (χ1v) is 9.93. The Balaban J connectivity index is 1.46. The monoisotopic (exact) mass is 394 g/mol. The molecule has 152 valence electrons. The Morgan fingerprint density at radius 3 is 3.03 bits per heavy atom. The van der Waals surface area contributed by atoms with Gasteiger partial charge in [0.1, 0.15) is 23.7 Å². The lowest BCUT2D eigenvalue weighted by molar-refractivity contribution is -0.125. The van der Waals surface area contributed by atoms with Crippen LogP contribution >= 0.6 is 0 Å². The smallest absolute Gasteiger partial charge is 0.231 e. The second kappa shape index (κ2) is 8.11. The van der Waals surface area contributed by atoms with Gasteiger partial charge in [0.2, 0.25) is 11.6 Å². The first-order chi connectivity index (χ1) is 14.1. The first kappa shape index (κ1) is 19.2. The van der Waals surface area contributed by atoms with Crippen LogP contribution in [0.25, 0.3) is 11.1 Å². The van der Waals surface area contributed by atoms with Crippen LogP contribution in [0, 0.1) is 19.8 Å². The second-order valence-corrected chi connectivity index (χ2v) is 7.52. The van der Waals surface area contributed by atoms with Crippen molar-refractivity contribution in [1.29, 1.82) is 0 Å². The van der Waals surface area contributed by atoms with E-state index in [0.717, 1.165) is 53.2 Å². The quantitative estimate of drug-likeness (QED) is 0.715. The molecule has 1 fully saturated rings. The van der Waals surface area contributed by atoms with Gasteiger partial charge in [0, 0.05) is 25.2 Å². The minimum absolute atomic E-state index is 0.0721. The van der Waals surface area contributed by atoms with E-state index >= 15 is 0 Å². The molecule has 3 heterocycles. The number of anilines is 1. The van der Waals surface area contributed by atoms with E-state index < -0.39 is 0 Å². The highest BCUT2D eigenvalue weighted by atomic mass is 16.5. The van der Waals surface area contributed by atoms with Gasteiger partial charge in [-0.25, -0.2) is 9.97 Å². The van der Waals surface area contributed by atoms with Crippen LogP contribution in [0.3, 0.4) is 0 Å². The van der Waals surface area contributed by atoms with Crippen molar-refractivity contribution < 1.29 is 13.9 Å². The molecule has 0 aliphatic carbocycles. The second-order valence-electron chi connectivity index (χ2n) is 7.52. The zero-order valence-corrected chi connectivity index (χ0v) is 17.1. The van der Waals surface area contributed by atoms with Gasteiger partial charge in [0.25, 0.3) is 0 Å². The Labute approximate surface area is 170 Å². The molecule has 1 amide bonds. The number of amides is 1. The average molecular weight is 394 g/mol. The molecule has 0 saturated carbocycles. The number of fused-ring (bicyclic) bond motifs is 1. The zero-order chi connectivity index (χ0) is 20.4. The molecule has 0 spiro atoms. The standard InChI is InChI=1S/C22H26N4O3/c1-14-15(2)29-22-19(14)20(24-13-25-22)26-9-5-7-17(12-26)21(27)23-11-16-6-4-8-18(10-16)28-3/h4,6,8,10,13,17H,5,7,9,11-12H2,1-3H3,(H,23,27)/t17-/m1/s1. The summed E-state index contributed by atoms with van der Waals surface area (Å²) in [6, 6.07) is 7.75. The Kier molecular flexibility index (Phi) is 5.38. The number of aryl methyl sites for hydroxylation is 2. The van der Waals surface area contributed by atoms with Gasteiger partial charge in [0.05, 0.1) is 18.4 Å². The zero-order valence-electron chi connectivity index (χ0n) is 17.1. The summed E-state index contributed by atoms with van der Waals surface area (Å²) in [5, 5.41) is 4.02. The van der Waals surface area contributed by atoms with Crippen LogP contribution in [0.4, 0.5) is 5.82 Å². The van der Waals surface area contributed by atoms with Gasteiger partial charge in [0.15, 0.2) is 0 Å². The van der Waals surface area contributed by atoms with E-state index in [9.17, 15) is 4.79 Å². The van der Waals surface area contributed by atoms with Crippen LogP contribution in [-0.4, -0.2) is 36.1 Å². The molecule has 1 atom stereocenters. The van der Waals surface area contributed by atoms with E-state index in [-0.39, 0.29) is 11.8 Å². The summed E-state index contributed by atoms with van der Waals surface area (Å²) in [5.41, 5.74) is 2.68. The lowest BCUT2D eigenvalue weighted by Gasteiger charge is -2.33. The van der Waals surface area contributed by atoms with Crippen molar-refractivity contribution >= 4 is 22.8 Å². The fraction of sp³-hybridized carbons (Fsp3) is 0.409. The predicted octanol–water partition coefficient (Wildman–Crippen LogP) is 3.38. The van der Waals surface area contributed by atoms with E-state index in [0.29, 0.717) is 18.8 Å². The summed E-state index contributed by atoms with van der Waals surface area (Å²) < 4.78 is 11.0. The topological polar surface area (TPSA) is 80.5 Å². The number of hydrogen-bond acceptors (Lipinski definition) is 6. The molecule has 29 heavy (non-hydrogen) atoms. The molecule has 0 bridgehead atoms. The first-order valence-electron chi connectivity index (χ1n) is 9.93. The third kappa shape index (κ3) is 3.90. The molecule has 7 nitrogen and oxygen atoms in total. The summed E-state index contributed by atoms with van der Waals surface area (Å²) in [5.74, 6) is 2.50. The maximum Gasteiger partial charge on any atom is 0.231 e. The van der Waals surface area contributed by atoms with Gasteiger partial charge in [-0.05, 0) is 44.4 Å². The number of aromatic nitrogens is 2. The largest absolute Gasteiger partial charge is 0.497 e. The van der Waals surface area contributed by atoms with E-state index in [1.807, 2.05) is 38.1 Å². The molecule has 1 aromatic carbocycles. The van der Waals surface area contributed by atoms with Crippen molar-refractivity contribution in [3.8, 4) is 5.75 Å². The molecule has 2 aromatic heterocycles. The SMILES string of the molecule is COc1cccc(CNC(=O)[C@@H]2CCCN(c3ncnc4oc(C)c(C)c34)C2)c1. The number of methoxy groups -OCH3 is 1. The van der Waals surface area contributed by atoms with Crippen LogP contribution in [0.5, 0.6) is 5.75 Å². The number of furan rings is 1. The van der Waals surface area contributed by atoms with Gasteiger partial charge in [-0.15, -0.1) is 0 Å². The third-order valence-electron chi connectivity index (χ3n) is 5.64. The molecule has 7 heteroatoms. The van der Waals surface area contributed by atoms with Crippen molar-refractivity contribution in [3.63, 3.8) is 0 Å². The minimum atomic E-state index is -0.0762. The van der Waals surface area contributed by atoms with Crippen LogP contribution < -0.4 is 15.0 Å². The number of hydrogen-bond donors (Lipinski definition) is 1. The minimum Gasteiger partial charge on any atom is -0.497 e. The van der Waals surface area contributed by atoms with Crippen LogP contribution in [0.15, 0.2) is 35.0 Å². The predicted molar refractivity (Wildman–Crippen MR) is 111 cm³/mol. The summed E-state index contributed by atoms with van der Waals surface area (Å²) in [6.07, 6.45) is 3.35. The maximum absolute atomic E-state index is 12.8. The maximum atomic E-state index is 12.8. The number of carbonyl (C=O) groups is 1. The van der Waals surface area contributed by atoms with Crippen molar-refractivity contribution in [2.75, 3.05) is 25.1 Å². The lowest BCUT2D eigenvalue weighted by Crippen LogP contribution is -2.43. The molecule has 1 aliphatic rings. The molecule has 1 saturated heterocycles. The fourth-order valence-corrected chi connectivity index (χ4v) is 3.90. The molecule has 4 rings (SSSR count). The molecule has 0 unspecified atom stereocenters. The normalized spacial score (nSPS) is 16.8. The average Bonchev–Trinajstić information content (AvgIpc) is 3.06. The van der Waals surface area contributed by atoms with Crippen molar-refractivity contribution in [1.82, 2.24) is 15.3 Å². The summed E-state index contributed by atoms with van der Waals surface area (Å²) in [6.45, 7) is 5.96. The summed E-state index contributed by atoms with van der Waals surface area (Å²) in [7, 11) is 1.64. The van der Waals surface area contributed by atoms with Crippen molar-refractivity contribution in [3.05, 3.63) is 47.5 Å². The van der Waals surface area contributed by atoms with Crippen molar-refractivity contribution in [2.24, 2.45) is 5.92 Å². The number of nitrogens with zero attached hydrogens (tertiary/aromatic N) is 3. The number of nitrogens with one attached hydrogen (secondary N) is 1. The summed E-state index contributed by atoms with van der Waals surface area (Å²) >= 11 is 0. The highest BCUT2D eigenvalue weighted by Crippen LogP contribution is 2.32. The Hall–Kier alpha value is -3.09.